The van der Waals surface area contributed by atoms with E-state index in [-0.39, 0.29) is 6.61 Å². The van der Waals surface area contributed by atoms with E-state index < -0.39 is 5.60 Å². The predicted octanol–water partition coefficient (Wildman–Crippen LogP) is 3.19. The standard InChI is InChI=1S/C22H28N2O2/c1-4-17-6-9-20(10-7-17)22(26,12-5-13-24(2)3)21-11-8-18(15-23)14-19(21)16-25/h6-11,14,25-26H,4-5,12-13,16H2,1-3H3. The first-order valence-electron chi connectivity index (χ1n) is 9.05. The van der Waals surface area contributed by atoms with Gasteiger partial charge in [-0.1, -0.05) is 37.3 Å². The molecule has 0 aliphatic heterocycles. The molecule has 1 unspecified atom stereocenters. The second-order valence-corrected chi connectivity index (χ2v) is 6.96. The molecule has 0 fully saturated rings. The van der Waals surface area contributed by atoms with Gasteiger partial charge in [-0.05, 0) is 74.3 Å². The van der Waals surface area contributed by atoms with Gasteiger partial charge in [0.15, 0.2) is 0 Å². The lowest BCUT2D eigenvalue weighted by molar-refractivity contribution is 0.0641. The van der Waals surface area contributed by atoms with E-state index in [1.165, 1.54) is 5.56 Å². The van der Waals surface area contributed by atoms with Crippen LogP contribution in [0.25, 0.3) is 0 Å². The molecule has 0 radical (unpaired) electrons. The van der Waals surface area contributed by atoms with Gasteiger partial charge < -0.3 is 15.1 Å². The molecule has 0 saturated carbocycles. The van der Waals surface area contributed by atoms with Crippen molar-refractivity contribution in [3.05, 3.63) is 70.3 Å². The normalized spacial score (nSPS) is 13.4. The van der Waals surface area contributed by atoms with Gasteiger partial charge in [-0.25, -0.2) is 0 Å². The minimum Gasteiger partial charge on any atom is -0.392 e. The summed E-state index contributed by atoms with van der Waals surface area (Å²) in [5, 5.41) is 30.6. The molecule has 2 aromatic carbocycles. The molecule has 2 rings (SSSR count). The molecule has 0 bridgehead atoms. The minimum atomic E-state index is -1.20. The second kappa shape index (κ2) is 8.95. The molecule has 26 heavy (non-hydrogen) atoms. The Labute approximate surface area is 156 Å². The zero-order valence-corrected chi connectivity index (χ0v) is 15.9. The Bertz CT molecular complexity index is 763. The third-order valence-corrected chi connectivity index (χ3v) is 4.83. The van der Waals surface area contributed by atoms with Crippen molar-refractivity contribution < 1.29 is 10.2 Å². The summed E-state index contributed by atoms with van der Waals surface area (Å²) >= 11 is 0. The third-order valence-electron chi connectivity index (χ3n) is 4.83. The molecule has 0 aromatic heterocycles. The Kier molecular flexibility index (Phi) is 6.93. The Morgan fingerprint density at radius 1 is 1.12 bits per heavy atom. The van der Waals surface area contributed by atoms with Crippen LogP contribution >= 0.6 is 0 Å². The van der Waals surface area contributed by atoms with Crippen molar-refractivity contribution in [1.82, 2.24) is 4.90 Å². The van der Waals surface area contributed by atoms with Crippen LogP contribution in [0, 0.1) is 11.3 Å². The molecular weight excluding hydrogens is 324 g/mol. The quantitative estimate of drug-likeness (QED) is 0.766. The van der Waals surface area contributed by atoms with E-state index in [1.54, 1.807) is 18.2 Å². The van der Waals surface area contributed by atoms with Gasteiger partial charge in [0.2, 0.25) is 0 Å². The number of hydrogen-bond donors (Lipinski definition) is 2. The molecule has 2 N–H and O–H groups in total. The fourth-order valence-corrected chi connectivity index (χ4v) is 3.30. The maximum atomic E-state index is 11.7. The van der Waals surface area contributed by atoms with Crippen molar-refractivity contribution in [2.45, 2.75) is 38.4 Å². The van der Waals surface area contributed by atoms with Crippen LogP contribution in [0.2, 0.25) is 0 Å². The van der Waals surface area contributed by atoms with Gasteiger partial charge in [-0.3, -0.25) is 0 Å². The molecule has 4 heteroatoms. The van der Waals surface area contributed by atoms with Crippen molar-refractivity contribution in [3.8, 4) is 6.07 Å². The van der Waals surface area contributed by atoms with Gasteiger partial charge >= 0.3 is 0 Å². The molecule has 0 saturated heterocycles. The zero-order chi connectivity index (χ0) is 19.2. The largest absolute Gasteiger partial charge is 0.392 e. The third kappa shape index (κ3) is 4.50. The maximum Gasteiger partial charge on any atom is 0.115 e. The molecule has 0 aliphatic rings. The Balaban J connectivity index is 2.50. The summed E-state index contributed by atoms with van der Waals surface area (Å²) in [6.45, 7) is 2.75. The van der Waals surface area contributed by atoms with Crippen molar-refractivity contribution in [3.63, 3.8) is 0 Å². The highest BCUT2D eigenvalue weighted by Gasteiger charge is 2.33. The number of aliphatic hydroxyl groups is 2. The highest BCUT2D eigenvalue weighted by molar-refractivity contribution is 5.45. The van der Waals surface area contributed by atoms with Crippen LogP contribution in [0.5, 0.6) is 0 Å². The number of nitriles is 1. The first-order chi connectivity index (χ1) is 12.4. The van der Waals surface area contributed by atoms with Crippen molar-refractivity contribution in [2.75, 3.05) is 20.6 Å². The fourth-order valence-electron chi connectivity index (χ4n) is 3.30. The van der Waals surface area contributed by atoms with E-state index >= 15 is 0 Å². The lowest BCUT2D eigenvalue weighted by Crippen LogP contribution is -2.30. The lowest BCUT2D eigenvalue weighted by atomic mass is 9.79. The average molecular weight is 352 g/mol. The summed E-state index contributed by atoms with van der Waals surface area (Å²) in [6.07, 6.45) is 2.29. The number of nitrogens with zero attached hydrogens (tertiary/aromatic N) is 2. The van der Waals surface area contributed by atoms with Gasteiger partial charge in [0.05, 0.1) is 18.2 Å². The van der Waals surface area contributed by atoms with Crippen molar-refractivity contribution >= 4 is 0 Å². The number of hydrogen-bond acceptors (Lipinski definition) is 4. The molecule has 0 aliphatic carbocycles. The zero-order valence-electron chi connectivity index (χ0n) is 15.9. The number of benzene rings is 2. The van der Waals surface area contributed by atoms with Crippen LogP contribution in [-0.4, -0.2) is 35.8 Å². The van der Waals surface area contributed by atoms with Crippen LogP contribution in [0.1, 0.15) is 47.6 Å². The molecule has 0 heterocycles. The first kappa shape index (κ1) is 20.1. The minimum absolute atomic E-state index is 0.214. The number of aryl methyl sites for hydroxylation is 1. The summed E-state index contributed by atoms with van der Waals surface area (Å²) in [4.78, 5) is 2.09. The fraction of sp³-hybridized carbons (Fsp3) is 0.409. The molecule has 138 valence electrons. The molecule has 0 amide bonds. The summed E-state index contributed by atoms with van der Waals surface area (Å²) in [7, 11) is 4.02. The van der Waals surface area contributed by atoms with Crippen LogP contribution in [-0.2, 0) is 18.6 Å². The van der Waals surface area contributed by atoms with Crippen LogP contribution in [0.4, 0.5) is 0 Å². The highest BCUT2D eigenvalue weighted by atomic mass is 16.3. The Morgan fingerprint density at radius 3 is 2.35 bits per heavy atom. The summed E-state index contributed by atoms with van der Waals surface area (Å²) in [6, 6.07) is 15.2. The second-order valence-electron chi connectivity index (χ2n) is 6.96. The van der Waals surface area contributed by atoms with E-state index in [0.717, 1.165) is 24.9 Å². The SMILES string of the molecule is CCc1ccc(C(O)(CCCN(C)C)c2ccc(C#N)cc2CO)cc1. The maximum absolute atomic E-state index is 11.7. The van der Waals surface area contributed by atoms with Gasteiger partial charge in [0.1, 0.15) is 5.60 Å². The molecule has 4 nitrogen and oxygen atoms in total. The van der Waals surface area contributed by atoms with Crippen LogP contribution in [0.3, 0.4) is 0 Å². The molecule has 0 spiro atoms. The summed E-state index contributed by atoms with van der Waals surface area (Å²) < 4.78 is 0. The number of rotatable bonds is 8. The monoisotopic (exact) mass is 352 g/mol. The summed E-state index contributed by atoms with van der Waals surface area (Å²) in [5.41, 5.74) is 2.57. The Hall–Kier alpha value is -2.19. The van der Waals surface area contributed by atoms with E-state index in [4.69, 9.17) is 5.26 Å². The Morgan fingerprint density at radius 2 is 1.81 bits per heavy atom. The van der Waals surface area contributed by atoms with Gasteiger partial charge in [-0.2, -0.15) is 5.26 Å². The molecule has 1 atom stereocenters. The van der Waals surface area contributed by atoms with E-state index in [9.17, 15) is 10.2 Å². The summed E-state index contributed by atoms with van der Waals surface area (Å²) in [5.74, 6) is 0. The van der Waals surface area contributed by atoms with Gasteiger partial charge in [-0.15, -0.1) is 0 Å². The van der Waals surface area contributed by atoms with Gasteiger partial charge in [0.25, 0.3) is 0 Å². The van der Waals surface area contributed by atoms with Crippen molar-refractivity contribution in [1.29, 1.82) is 5.26 Å². The topological polar surface area (TPSA) is 67.5 Å². The smallest absolute Gasteiger partial charge is 0.115 e. The van der Waals surface area contributed by atoms with Crippen molar-refractivity contribution in [2.24, 2.45) is 0 Å². The van der Waals surface area contributed by atoms with E-state index in [2.05, 4.69) is 17.9 Å². The molecular formula is C22H28N2O2. The van der Waals surface area contributed by atoms with Crippen LogP contribution in [0.15, 0.2) is 42.5 Å². The highest BCUT2D eigenvalue weighted by Crippen LogP contribution is 2.37. The van der Waals surface area contributed by atoms with E-state index in [0.29, 0.717) is 23.1 Å². The first-order valence-corrected chi connectivity index (χ1v) is 9.05. The van der Waals surface area contributed by atoms with E-state index in [1.807, 2.05) is 38.4 Å². The van der Waals surface area contributed by atoms with Crippen LogP contribution < -0.4 is 0 Å². The number of aliphatic hydroxyl groups excluding tert-OH is 1. The lowest BCUT2D eigenvalue weighted by Gasteiger charge is -2.32. The predicted molar refractivity (Wildman–Crippen MR) is 104 cm³/mol. The molecule has 2 aromatic rings. The van der Waals surface area contributed by atoms with Gasteiger partial charge in [0, 0.05) is 0 Å². The average Bonchev–Trinajstić information content (AvgIpc) is 2.67.